The van der Waals surface area contributed by atoms with Crippen LogP contribution in [0.1, 0.15) is 5.01 Å². The van der Waals surface area contributed by atoms with E-state index in [1.165, 1.54) is 25.1 Å². The van der Waals surface area contributed by atoms with Gasteiger partial charge in [-0.25, -0.2) is 28.1 Å². The predicted molar refractivity (Wildman–Crippen MR) is 127 cm³/mol. The number of aromatic nitrogens is 3. The van der Waals surface area contributed by atoms with Gasteiger partial charge in [0, 0.05) is 16.6 Å². The molecule has 0 radical (unpaired) electrons. The first-order valence-corrected chi connectivity index (χ1v) is 12.8. The third-order valence-corrected chi connectivity index (χ3v) is 7.61. The lowest BCUT2D eigenvalue weighted by molar-refractivity contribution is 0.588. The number of sulfonamides is 1. The van der Waals surface area contributed by atoms with Crippen LogP contribution in [0.25, 0.3) is 10.2 Å². The molecule has 8 nitrogen and oxygen atoms in total. The van der Waals surface area contributed by atoms with Gasteiger partial charge in [0.25, 0.3) is 0 Å². The van der Waals surface area contributed by atoms with Gasteiger partial charge >= 0.3 is 0 Å². The van der Waals surface area contributed by atoms with Crippen LogP contribution in [0.3, 0.4) is 0 Å². The van der Waals surface area contributed by atoms with Crippen molar-refractivity contribution >= 4 is 66.3 Å². The van der Waals surface area contributed by atoms with E-state index in [0.717, 1.165) is 25.8 Å². The first-order chi connectivity index (χ1) is 14.9. The molecular formula is C20H20N6O2S3. The Kier molecular flexibility index (Phi) is 6.10. The minimum atomic E-state index is -3.55. The van der Waals surface area contributed by atoms with Crippen LogP contribution in [0.15, 0.2) is 58.6 Å². The highest BCUT2D eigenvalue weighted by atomic mass is 32.2. The van der Waals surface area contributed by atoms with Crippen molar-refractivity contribution < 1.29 is 8.42 Å². The zero-order valence-corrected chi connectivity index (χ0v) is 19.5. The third kappa shape index (κ3) is 4.79. The number of aryl methyl sites for hydroxylation is 1. The molecule has 0 fully saturated rings. The molecule has 0 aliphatic carbocycles. The molecule has 0 atom stereocenters. The predicted octanol–water partition coefficient (Wildman–Crippen LogP) is 4.51. The molecule has 3 N–H and O–H groups in total. The second kappa shape index (κ2) is 8.79. The molecule has 0 aliphatic rings. The summed E-state index contributed by atoms with van der Waals surface area (Å²) in [6.45, 7) is 1.99. The van der Waals surface area contributed by atoms with Gasteiger partial charge in [0.05, 0.1) is 25.8 Å². The van der Waals surface area contributed by atoms with Crippen LogP contribution in [0.2, 0.25) is 0 Å². The quantitative estimate of drug-likeness (QED) is 0.337. The van der Waals surface area contributed by atoms with Crippen molar-refractivity contribution in [2.75, 3.05) is 23.9 Å². The van der Waals surface area contributed by atoms with E-state index in [1.807, 2.05) is 31.4 Å². The second-order valence-electron chi connectivity index (χ2n) is 6.52. The average molecular weight is 473 g/mol. The maximum absolute atomic E-state index is 12.2. The molecule has 160 valence electrons. The number of hydrogen-bond acceptors (Lipinski definition) is 9. The normalized spacial score (nSPS) is 11.6. The number of fused-ring (bicyclic) bond motifs is 1. The monoisotopic (exact) mass is 472 g/mol. The van der Waals surface area contributed by atoms with Crippen LogP contribution in [-0.4, -0.2) is 36.7 Å². The molecule has 0 saturated carbocycles. The first kappa shape index (κ1) is 21.5. The number of benzene rings is 2. The van der Waals surface area contributed by atoms with E-state index in [1.54, 1.807) is 35.6 Å². The molecule has 31 heavy (non-hydrogen) atoms. The smallest absolute Gasteiger partial charge is 0.240 e. The van der Waals surface area contributed by atoms with Crippen molar-refractivity contribution in [3.63, 3.8) is 0 Å². The Labute approximate surface area is 188 Å². The van der Waals surface area contributed by atoms with Gasteiger partial charge < -0.3 is 10.6 Å². The number of nitrogens with zero attached hydrogens (tertiary/aromatic N) is 3. The van der Waals surface area contributed by atoms with Crippen molar-refractivity contribution in [2.24, 2.45) is 0 Å². The minimum absolute atomic E-state index is 0.176. The van der Waals surface area contributed by atoms with Gasteiger partial charge in [-0.05, 0) is 56.6 Å². The summed E-state index contributed by atoms with van der Waals surface area (Å²) in [6, 6.07) is 12.7. The van der Waals surface area contributed by atoms with Gasteiger partial charge in [-0.2, -0.15) is 0 Å². The number of hydrogen-bond donors (Lipinski definition) is 3. The number of rotatable bonds is 7. The standard InChI is InChI=1S/C20H20N6O2S3/c1-12-24-15-8-13(4-6-18(15)30-12)25-19-10-20(23-11-22-19)26-16-9-14(31(27,28)21-2)5-7-17(16)29-3/h4-11,21H,1-3H3,(H2,22,23,25,26). The van der Waals surface area contributed by atoms with Crippen LogP contribution in [0.5, 0.6) is 0 Å². The summed E-state index contributed by atoms with van der Waals surface area (Å²) in [7, 11) is -2.17. The zero-order valence-electron chi connectivity index (χ0n) is 17.0. The van der Waals surface area contributed by atoms with E-state index < -0.39 is 10.0 Å². The molecule has 0 saturated heterocycles. The number of anilines is 4. The SMILES string of the molecule is CNS(=O)(=O)c1ccc(SC)c(Nc2cc(Nc3ccc4sc(C)nc4c3)ncn2)c1. The first-order valence-electron chi connectivity index (χ1n) is 9.23. The molecule has 2 aromatic carbocycles. The molecule has 0 aliphatic heterocycles. The molecule has 2 aromatic heterocycles. The highest BCUT2D eigenvalue weighted by Gasteiger charge is 2.14. The summed E-state index contributed by atoms with van der Waals surface area (Å²) >= 11 is 3.16. The largest absolute Gasteiger partial charge is 0.340 e. The van der Waals surface area contributed by atoms with E-state index in [4.69, 9.17) is 0 Å². The number of thioether (sulfide) groups is 1. The summed E-state index contributed by atoms with van der Waals surface area (Å²) in [5.41, 5.74) is 2.45. The Hall–Kier alpha value is -2.73. The Morgan fingerprint density at radius 1 is 1.00 bits per heavy atom. The van der Waals surface area contributed by atoms with Gasteiger partial charge in [-0.15, -0.1) is 23.1 Å². The van der Waals surface area contributed by atoms with Crippen molar-refractivity contribution in [1.82, 2.24) is 19.7 Å². The van der Waals surface area contributed by atoms with Crippen LogP contribution in [0.4, 0.5) is 23.0 Å². The van der Waals surface area contributed by atoms with Crippen LogP contribution in [0, 0.1) is 6.92 Å². The average Bonchev–Trinajstić information content (AvgIpc) is 3.13. The number of nitrogens with one attached hydrogen (secondary N) is 3. The fourth-order valence-corrected chi connectivity index (χ4v) is 5.07. The van der Waals surface area contributed by atoms with Gasteiger partial charge in [0.15, 0.2) is 0 Å². The summed E-state index contributed by atoms with van der Waals surface area (Å²) < 4.78 is 27.8. The lowest BCUT2D eigenvalue weighted by Crippen LogP contribution is -2.18. The Balaban J connectivity index is 1.60. The van der Waals surface area contributed by atoms with Crippen molar-refractivity contribution in [2.45, 2.75) is 16.7 Å². The van der Waals surface area contributed by atoms with Crippen LogP contribution in [-0.2, 0) is 10.0 Å². The molecule has 0 amide bonds. The van der Waals surface area contributed by atoms with Crippen molar-refractivity contribution in [3.8, 4) is 0 Å². The maximum atomic E-state index is 12.2. The topological polar surface area (TPSA) is 109 Å². The van der Waals surface area contributed by atoms with Gasteiger partial charge in [-0.1, -0.05) is 0 Å². The Morgan fingerprint density at radius 3 is 2.52 bits per heavy atom. The highest BCUT2D eigenvalue weighted by molar-refractivity contribution is 7.98. The maximum Gasteiger partial charge on any atom is 0.240 e. The molecule has 0 unspecified atom stereocenters. The molecule has 4 rings (SSSR count). The van der Waals surface area contributed by atoms with E-state index in [2.05, 4.69) is 30.3 Å². The van der Waals surface area contributed by atoms with E-state index in [-0.39, 0.29) is 4.90 Å². The van der Waals surface area contributed by atoms with Gasteiger partial charge in [-0.3, -0.25) is 0 Å². The molecule has 11 heteroatoms. The Bertz CT molecular complexity index is 1350. The van der Waals surface area contributed by atoms with E-state index in [9.17, 15) is 8.42 Å². The lowest BCUT2D eigenvalue weighted by atomic mass is 10.3. The Morgan fingerprint density at radius 2 is 1.77 bits per heavy atom. The van der Waals surface area contributed by atoms with Gasteiger partial charge in [0.1, 0.15) is 18.0 Å². The highest BCUT2D eigenvalue weighted by Crippen LogP contribution is 2.31. The second-order valence-corrected chi connectivity index (χ2v) is 10.5. The summed E-state index contributed by atoms with van der Waals surface area (Å²) in [5, 5.41) is 7.49. The minimum Gasteiger partial charge on any atom is -0.340 e. The molecule has 0 spiro atoms. The molecule has 4 aromatic rings. The molecule has 0 bridgehead atoms. The lowest BCUT2D eigenvalue weighted by Gasteiger charge is -2.13. The summed E-state index contributed by atoms with van der Waals surface area (Å²) in [5.74, 6) is 1.14. The van der Waals surface area contributed by atoms with Crippen molar-refractivity contribution in [1.29, 1.82) is 0 Å². The van der Waals surface area contributed by atoms with Gasteiger partial charge in [0.2, 0.25) is 10.0 Å². The fraction of sp³-hybridized carbons (Fsp3) is 0.150. The fourth-order valence-electron chi connectivity index (χ4n) is 2.97. The third-order valence-electron chi connectivity index (χ3n) is 4.45. The molecule has 2 heterocycles. The van der Waals surface area contributed by atoms with E-state index in [0.29, 0.717) is 17.3 Å². The van der Waals surface area contributed by atoms with E-state index >= 15 is 0 Å². The zero-order chi connectivity index (χ0) is 22.0. The van der Waals surface area contributed by atoms with Crippen molar-refractivity contribution in [3.05, 3.63) is 53.8 Å². The van der Waals surface area contributed by atoms with Crippen LogP contribution < -0.4 is 15.4 Å². The molecular weight excluding hydrogens is 452 g/mol. The number of thiazole rings is 1. The van der Waals surface area contributed by atoms with Crippen LogP contribution >= 0.6 is 23.1 Å². The summed E-state index contributed by atoms with van der Waals surface area (Å²) in [4.78, 5) is 14.1. The summed E-state index contributed by atoms with van der Waals surface area (Å²) in [6.07, 6.45) is 3.37.